The van der Waals surface area contributed by atoms with E-state index in [1.807, 2.05) is 18.4 Å². The fraction of sp³-hybridized carbons (Fsp3) is 0.265. The van der Waals surface area contributed by atoms with Gasteiger partial charge in [0.1, 0.15) is 24.1 Å². The second-order valence-corrected chi connectivity index (χ2v) is 12.6. The van der Waals surface area contributed by atoms with Crippen LogP contribution >= 0.6 is 15.9 Å². The second-order valence-electron chi connectivity index (χ2n) is 11.6. The molecule has 2 atom stereocenters. The molecule has 11 heteroatoms. The van der Waals surface area contributed by atoms with Crippen molar-refractivity contribution in [2.24, 2.45) is 5.41 Å². The Kier molecular flexibility index (Phi) is 8.41. The lowest BCUT2D eigenvalue weighted by Crippen LogP contribution is -2.31. The maximum Gasteiger partial charge on any atom is 0.337 e. The van der Waals surface area contributed by atoms with Gasteiger partial charge < -0.3 is 18.8 Å². The fourth-order valence-corrected chi connectivity index (χ4v) is 6.15. The zero-order chi connectivity index (χ0) is 31.9. The van der Waals surface area contributed by atoms with Gasteiger partial charge in [0, 0.05) is 33.5 Å². The predicted octanol–water partition coefficient (Wildman–Crippen LogP) is 7.85. The number of benzene rings is 3. The number of hydrogen-bond acceptors (Lipinski definition) is 6. The van der Waals surface area contributed by atoms with Crippen LogP contribution in [-0.2, 0) is 22.5 Å². The topological polar surface area (TPSA) is 75.5 Å². The number of imidazole rings is 1. The third kappa shape index (κ3) is 6.19. The highest BCUT2D eigenvalue weighted by atomic mass is 79.9. The second kappa shape index (κ2) is 12.3. The third-order valence-corrected chi connectivity index (χ3v) is 8.56. The minimum Gasteiger partial charge on any atom is -0.473 e. The Morgan fingerprint density at radius 2 is 1.82 bits per heavy atom. The first-order valence-corrected chi connectivity index (χ1v) is 15.0. The summed E-state index contributed by atoms with van der Waals surface area (Å²) >= 11 is 3.22. The number of carbonyl (C=O) groups excluding carboxylic acids is 1. The van der Waals surface area contributed by atoms with Crippen molar-refractivity contribution in [3.8, 4) is 17.1 Å². The Morgan fingerprint density at radius 3 is 2.60 bits per heavy atom. The lowest BCUT2D eigenvalue weighted by atomic mass is 9.82. The molecule has 0 spiro atoms. The highest BCUT2D eigenvalue weighted by Crippen LogP contribution is 2.44. The van der Waals surface area contributed by atoms with Crippen LogP contribution in [0.1, 0.15) is 41.4 Å². The van der Waals surface area contributed by atoms with Crippen LogP contribution in [0.25, 0.3) is 22.3 Å². The number of carbonyl (C=O) groups is 1. The standard InChI is InChI=1S/C34H29BrF3N3O4/c1-34(2)17-45-30(32(34)41-18-39-28-10-8-19(12-29(28)41)33(42)43-3)13-21-11-26(38)23(15-25(21)37)27-5-4-6-31(40-27)44-16-20-7-9-22(35)14-24(20)36/h4-12,14-15,18,30,32H,13,16-17H2,1-3H3. The van der Waals surface area contributed by atoms with Crippen molar-refractivity contribution in [3.05, 3.63) is 112 Å². The smallest absolute Gasteiger partial charge is 0.337 e. The molecule has 1 saturated heterocycles. The minimum atomic E-state index is -0.653. The fourth-order valence-electron chi connectivity index (χ4n) is 5.81. The van der Waals surface area contributed by atoms with E-state index in [1.54, 1.807) is 54.9 Å². The zero-order valence-electron chi connectivity index (χ0n) is 24.7. The van der Waals surface area contributed by atoms with Crippen LogP contribution in [0.15, 0.2) is 77.5 Å². The van der Waals surface area contributed by atoms with E-state index in [-0.39, 0.29) is 47.2 Å². The van der Waals surface area contributed by atoms with E-state index in [9.17, 15) is 9.18 Å². The Labute approximate surface area is 266 Å². The average Bonchev–Trinajstić information content (AvgIpc) is 3.56. The molecule has 3 heterocycles. The monoisotopic (exact) mass is 679 g/mol. The van der Waals surface area contributed by atoms with Gasteiger partial charge in [0.2, 0.25) is 5.88 Å². The summed E-state index contributed by atoms with van der Waals surface area (Å²) in [6.07, 6.45) is 1.28. The van der Waals surface area contributed by atoms with Crippen LogP contribution in [0, 0.1) is 22.9 Å². The number of aromatic nitrogens is 3. The summed E-state index contributed by atoms with van der Waals surface area (Å²) in [5.41, 5.74) is 2.03. The number of rotatable bonds is 8. The normalized spacial score (nSPS) is 17.5. The van der Waals surface area contributed by atoms with Gasteiger partial charge in [-0.2, -0.15) is 0 Å². The summed E-state index contributed by atoms with van der Waals surface area (Å²) in [7, 11) is 1.32. The van der Waals surface area contributed by atoms with Crippen molar-refractivity contribution >= 4 is 32.9 Å². The molecular weight excluding hydrogens is 651 g/mol. The average molecular weight is 681 g/mol. The van der Waals surface area contributed by atoms with Gasteiger partial charge >= 0.3 is 5.97 Å². The molecule has 0 saturated carbocycles. The number of pyridine rings is 1. The molecule has 2 aromatic heterocycles. The SMILES string of the molecule is COC(=O)c1ccc2ncn(C3C(Cc4cc(F)c(-c5cccc(OCc6ccc(Br)cc6F)n5)cc4F)OCC3(C)C)c2c1. The molecule has 0 amide bonds. The van der Waals surface area contributed by atoms with Gasteiger partial charge in [0.15, 0.2) is 0 Å². The van der Waals surface area contributed by atoms with Crippen LogP contribution < -0.4 is 4.74 Å². The molecule has 0 bridgehead atoms. The molecule has 1 aliphatic rings. The largest absolute Gasteiger partial charge is 0.473 e. The molecule has 0 radical (unpaired) electrons. The number of hydrogen-bond donors (Lipinski definition) is 0. The highest BCUT2D eigenvalue weighted by Gasteiger charge is 2.45. The van der Waals surface area contributed by atoms with Gasteiger partial charge in [0.05, 0.1) is 54.5 Å². The molecule has 2 unspecified atom stereocenters. The summed E-state index contributed by atoms with van der Waals surface area (Å²) in [5.74, 6) is -2.02. The van der Waals surface area contributed by atoms with Crippen LogP contribution in [0.4, 0.5) is 13.2 Å². The van der Waals surface area contributed by atoms with E-state index in [2.05, 4.69) is 25.9 Å². The first kappa shape index (κ1) is 30.8. The molecular formula is C34H29BrF3N3O4. The van der Waals surface area contributed by atoms with Crippen LogP contribution in [0.5, 0.6) is 5.88 Å². The summed E-state index contributed by atoms with van der Waals surface area (Å²) in [6.45, 7) is 4.39. The number of nitrogens with zero attached hydrogens (tertiary/aromatic N) is 3. The van der Waals surface area contributed by atoms with E-state index < -0.39 is 29.5 Å². The van der Waals surface area contributed by atoms with Gasteiger partial charge in [0.25, 0.3) is 0 Å². The van der Waals surface area contributed by atoms with Crippen molar-refractivity contribution < 1.29 is 32.2 Å². The number of methoxy groups -OCH3 is 1. The predicted molar refractivity (Wildman–Crippen MR) is 165 cm³/mol. The maximum absolute atomic E-state index is 15.6. The lowest BCUT2D eigenvalue weighted by molar-refractivity contribution is 0.0601. The number of esters is 1. The summed E-state index contributed by atoms with van der Waals surface area (Å²) in [6, 6.07) is 16.5. The van der Waals surface area contributed by atoms with Gasteiger partial charge in [-0.05, 0) is 54.1 Å². The molecule has 1 aliphatic heterocycles. The molecule has 45 heavy (non-hydrogen) atoms. The van der Waals surface area contributed by atoms with Gasteiger partial charge in [-0.15, -0.1) is 0 Å². The number of ether oxygens (including phenoxy) is 3. The molecule has 3 aromatic carbocycles. The van der Waals surface area contributed by atoms with E-state index in [0.717, 1.165) is 6.07 Å². The third-order valence-electron chi connectivity index (χ3n) is 8.07. The van der Waals surface area contributed by atoms with E-state index in [0.29, 0.717) is 33.2 Å². The highest BCUT2D eigenvalue weighted by molar-refractivity contribution is 9.10. The Morgan fingerprint density at radius 1 is 1.02 bits per heavy atom. The first-order valence-electron chi connectivity index (χ1n) is 14.2. The zero-order valence-corrected chi connectivity index (χ0v) is 26.3. The number of halogens is 4. The lowest BCUT2D eigenvalue weighted by Gasteiger charge is -2.30. The van der Waals surface area contributed by atoms with E-state index in [4.69, 9.17) is 14.2 Å². The Bertz CT molecular complexity index is 1910. The van der Waals surface area contributed by atoms with Crippen LogP contribution in [0.3, 0.4) is 0 Å². The molecule has 232 valence electrons. The molecule has 1 fully saturated rings. The Hall–Kier alpha value is -4.22. The molecule has 0 N–H and O–H groups in total. The van der Waals surface area contributed by atoms with E-state index >= 15 is 8.78 Å². The van der Waals surface area contributed by atoms with Crippen molar-refractivity contribution in [3.63, 3.8) is 0 Å². The van der Waals surface area contributed by atoms with Gasteiger partial charge in [-0.3, -0.25) is 0 Å². The van der Waals surface area contributed by atoms with Gasteiger partial charge in [-0.25, -0.2) is 27.9 Å². The van der Waals surface area contributed by atoms with Gasteiger partial charge in [-0.1, -0.05) is 41.9 Å². The molecule has 6 rings (SSSR count). The van der Waals surface area contributed by atoms with Crippen molar-refractivity contribution in [1.82, 2.24) is 14.5 Å². The Balaban J connectivity index is 1.25. The number of fused-ring (bicyclic) bond motifs is 1. The van der Waals surface area contributed by atoms with Crippen molar-refractivity contribution in [1.29, 1.82) is 0 Å². The van der Waals surface area contributed by atoms with Crippen LogP contribution in [0.2, 0.25) is 0 Å². The van der Waals surface area contributed by atoms with Crippen molar-refractivity contribution in [2.75, 3.05) is 13.7 Å². The summed E-state index contributed by atoms with van der Waals surface area (Å²) < 4.78 is 64.6. The molecule has 5 aromatic rings. The summed E-state index contributed by atoms with van der Waals surface area (Å²) in [4.78, 5) is 21.0. The first-order chi connectivity index (χ1) is 21.5. The summed E-state index contributed by atoms with van der Waals surface area (Å²) in [5, 5.41) is 0. The van der Waals surface area contributed by atoms with E-state index in [1.165, 1.54) is 19.2 Å². The maximum atomic E-state index is 15.6. The van der Waals surface area contributed by atoms with Crippen molar-refractivity contribution in [2.45, 2.75) is 39.0 Å². The van der Waals surface area contributed by atoms with Crippen LogP contribution in [-0.4, -0.2) is 40.3 Å². The molecule has 0 aliphatic carbocycles. The quantitative estimate of drug-likeness (QED) is 0.156. The molecule has 7 nitrogen and oxygen atoms in total. The minimum absolute atomic E-state index is 0.0308.